The van der Waals surface area contributed by atoms with E-state index in [1.54, 1.807) is 6.20 Å². The number of rotatable bonds is 4. The summed E-state index contributed by atoms with van der Waals surface area (Å²) in [5.74, 6) is 0.137. The Morgan fingerprint density at radius 2 is 2.05 bits per heavy atom. The van der Waals surface area contributed by atoms with E-state index in [2.05, 4.69) is 21.2 Å². The van der Waals surface area contributed by atoms with Crippen LogP contribution in [-0.4, -0.2) is 27.8 Å². The summed E-state index contributed by atoms with van der Waals surface area (Å²) in [7, 11) is 0. The molecule has 0 fully saturated rings. The lowest BCUT2D eigenvalue weighted by Crippen LogP contribution is -2.49. The van der Waals surface area contributed by atoms with E-state index in [-0.39, 0.29) is 17.7 Å². The zero-order valence-corrected chi connectivity index (χ0v) is 14.1. The minimum Gasteiger partial charge on any atom is -0.359 e. The number of hydrogen-bond donors (Lipinski definition) is 3. The zero-order valence-electron chi connectivity index (χ0n) is 12.4. The number of thioether (sulfide) groups is 1. The number of fused-ring (bicyclic) bond motifs is 1. The molecule has 22 heavy (non-hydrogen) atoms. The van der Waals surface area contributed by atoms with Crippen molar-refractivity contribution in [1.29, 1.82) is 0 Å². The predicted octanol–water partition coefficient (Wildman–Crippen LogP) is 2.23. The van der Waals surface area contributed by atoms with Crippen LogP contribution in [-0.2, 0) is 4.79 Å². The highest BCUT2D eigenvalue weighted by Gasteiger charge is 2.07. The second kappa shape index (κ2) is 7.95. The second-order valence-corrected chi connectivity index (χ2v) is 6.35. The maximum atomic E-state index is 11.8. The highest BCUT2D eigenvalue weighted by Crippen LogP contribution is 2.25. The smallest absolute Gasteiger partial charge is 0.248 e. The van der Waals surface area contributed by atoms with Crippen molar-refractivity contribution in [3.8, 4) is 0 Å². The van der Waals surface area contributed by atoms with Crippen LogP contribution in [0.15, 0.2) is 41.4 Å². The van der Waals surface area contributed by atoms with Gasteiger partial charge in [-0.3, -0.25) is 20.6 Å². The molecule has 0 radical (unpaired) electrons. The van der Waals surface area contributed by atoms with Crippen molar-refractivity contribution in [2.24, 2.45) is 0 Å². The average molecular weight is 334 g/mol. The molecule has 0 saturated carbocycles. The third kappa shape index (κ3) is 4.85. The quantitative estimate of drug-likeness (QED) is 0.453. The maximum absolute atomic E-state index is 11.8. The molecule has 0 bridgehead atoms. The van der Waals surface area contributed by atoms with Crippen LogP contribution in [0.4, 0.5) is 0 Å². The number of carbonyl (C=O) groups excluding carboxylic acids is 1. The Hall–Kier alpha value is -1.86. The number of hydrazine groups is 1. The Labute approximate surface area is 139 Å². The van der Waals surface area contributed by atoms with Gasteiger partial charge in [0.1, 0.15) is 0 Å². The lowest BCUT2D eigenvalue weighted by Gasteiger charge is -2.13. The van der Waals surface area contributed by atoms with Crippen LogP contribution in [0.2, 0.25) is 0 Å². The first-order chi connectivity index (χ1) is 10.6. The van der Waals surface area contributed by atoms with E-state index in [9.17, 15) is 4.79 Å². The summed E-state index contributed by atoms with van der Waals surface area (Å²) in [5.41, 5.74) is 6.16. The molecular formula is C15H18N4OS2. The number of para-hydroxylation sites is 1. The van der Waals surface area contributed by atoms with Gasteiger partial charge in [0.15, 0.2) is 5.11 Å². The summed E-state index contributed by atoms with van der Waals surface area (Å²) in [6, 6.07) is 10.0. The summed E-state index contributed by atoms with van der Waals surface area (Å²) in [4.78, 5) is 17.2. The van der Waals surface area contributed by atoms with Crippen molar-refractivity contribution >= 4 is 45.9 Å². The number of nitrogens with zero attached hydrogens (tertiary/aromatic N) is 1. The van der Waals surface area contributed by atoms with E-state index in [1.807, 2.05) is 44.2 Å². The number of thiocarbonyl (C=S) groups is 1. The number of benzene rings is 1. The van der Waals surface area contributed by atoms with Gasteiger partial charge >= 0.3 is 0 Å². The third-order valence-electron chi connectivity index (χ3n) is 2.69. The first-order valence-electron chi connectivity index (χ1n) is 6.88. The fraction of sp³-hybridized carbons (Fsp3) is 0.267. The van der Waals surface area contributed by atoms with Crippen LogP contribution < -0.4 is 16.2 Å². The Morgan fingerprint density at radius 3 is 2.82 bits per heavy atom. The van der Waals surface area contributed by atoms with E-state index >= 15 is 0 Å². The summed E-state index contributed by atoms with van der Waals surface area (Å²) < 4.78 is 0. The molecule has 0 unspecified atom stereocenters. The molecule has 0 aliphatic carbocycles. The topological polar surface area (TPSA) is 66.0 Å². The molecule has 0 aliphatic heterocycles. The van der Waals surface area contributed by atoms with Gasteiger partial charge in [0.25, 0.3) is 0 Å². The molecule has 1 amide bonds. The van der Waals surface area contributed by atoms with E-state index in [0.29, 0.717) is 5.11 Å². The van der Waals surface area contributed by atoms with Crippen molar-refractivity contribution < 1.29 is 4.79 Å². The van der Waals surface area contributed by atoms with Gasteiger partial charge in [-0.05, 0) is 38.2 Å². The summed E-state index contributed by atoms with van der Waals surface area (Å²) in [6.07, 6.45) is 1.75. The average Bonchev–Trinajstić information content (AvgIpc) is 2.50. The van der Waals surface area contributed by atoms with E-state index in [0.717, 1.165) is 15.8 Å². The summed E-state index contributed by atoms with van der Waals surface area (Å²) >= 11 is 6.48. The van der Waals surface area contributed by atoms with Crippen LogP contribution in [0.3, 0.4) is 0 Å². The van der Waals surface area contributed by atoms with Crippen LogP contribution in [0.25, 0.3) is 10.9 Å². The number of carbonyl (C=O) groups is 1. The van der Waals surface area contributed by atoms with Crippen molar-refractivity contribution in [2.45, 2.75) is 24.8 Å². The molecule has 0 saturated heterocycles. The SMILES string of the molecule is CC(C)NC(=S)NNC(=O)CSc1cccc2cccnc12. The normalized spacial score (nSPS) is 10.5. The monoisotopic (exact) mass is 334 g/mol. The van der Waals surface area contributed by atoms with E-state index < -0.39 is 0 Å². The summed E-state index contributed by atoms with van der Waals surface area (Å²) in [6.45, 7) is 3.94. The first-order valence-corrected chi connectivity index (χ1v) is 8.27. The molecule has 1 aromatic heterocycles. The van der Waals surface area contributed by atoms with Gasteiger partial charge in [0.05, 0.1) is 11.3 Å². The Balaban J connectivity index is 1.87. The first kappa shape index (κ1) is 16.5. The van der Waals surface area contributed by atoms with Crippen LogP contribution in [0.1, 0.15) is 13.8 Å². The highest BCUT2D eigenvalue weighted by molar-refractivity contribution is 8.00. The molecular weight excluding hydrogens is 316 g/mol. The number of nitrogens with one attached hydrogen (secondary N) is 3. The van der Waals surface area contributed by atoms with Gasteiger partial charge in [-0.2, -0.15) is 0 Å². The minimum absolute atomic E-state index is 0.147. The Kier molecular flexibility index (Phi) is 5.97. The van der Waals surface area contributed by atoms with Crippen molar-refractivity contribution in [1.82, 2.24) is 21.2 Å². The Bertz CT molecular complexity index is 670. The van der Waals surface area contributed by atoms with Crippen molar-refractivity contribution in [2.75, 3.05) is 5.75 Å². The molecule has 2 rings (SSSR count). The van der Waals surface area contributed by atoms with Gasteiger partial charge < -0.3 is 5.32 Å². The third-order valence-corrected chi connectivity index (χ3v) is 3.96. The van der Waals surface area contributed by atoms with Crippen LogP contribution in [0.5, 0.6) is 0 Å². The van der Waals surface area contributed by atoms with Gasteiger partial charge in [0.2, 0.25) is 5.91 Å². The van der Waals surface area contributed by atoms with Crippen molar-refractivity contribution in [3.63, 3.8) is 0 Å². The highest BCUT2D eigenvalue weighted by atomic mass is 32.2. The van der Waals surface area contributed by atoms with Gasteiger partial charge in [-0.1, -0.05) is 18.2 Å². The van der Waals surface area contributed by atoms with Crippen molar-refractivity contribution in [3.05, 3.63) is 36.5 Å². The molecule has 0 spiro atoms. The predicted molar refractivity (Wildman–Crippen MR) is 94.6 cm³/mol. The lowest BCUT2D eigenvalue weighted by molar-refractivity contribution is -0.119. The van der Waals surface area contributed by atoms with Gasteiger partial charge in [0, 0.05) is 22.5 Å². The second-order valence-electron chi connectivity index (χ2n) is 4.92. The number of pyridine rings is 1. The lowest BCUT2D eigenvalue weighted by atomic mass is 10.2. The number of amides is 1. The van der Waals surface area contributed by atoms with Crippen LogP contribution >= 0.6 is 24.0 Å². The van der Waals surface area contributed by atoms with Gasteiger partial charge in [-0.15, -0.1) is 11.8 Å². The zero-order chi connectivity index (χ0) is 15.9. The minimum atomic E-state index is -0.147. The molecule has 7 heteroatoms. The van der Waals surface area contributed by atoms with Gasteiger partial charge in [-0.25, -0.2) is 0 Å². The fourth-order valence-electron chi connectivity index (χ4n) is 1.80. The summed E-state index contributed by atoms with van der Waals surface area (Å²) in [5, 5.41) is 4.45. The molecule has 0 aliphatic rings. The van der Waals surface area contributed by atoms with E-state index in [4.69, 9.17) is 12.2 Å². The molecule has 1 heterocycles. The maximum Gasteiger partial charge on any atom is 0.248 e. The van der Waals surface area contributed by atoms with E-state index in [1.165, 1.54) is 11.8 Å². The molecule has 0 atom stereocenters. The number of hydrogen-bond acceptors (Lipinski definition) is 4. The molecule has 1 aromatic carbocycles. The number of aromatic nitrogens is 1. The Morgan fingerprint density at radius 1 is 1.27 bits per heavy atom. The van der Waals surface area contributed by atoms with Crippen LogP contribution in [0, 0.1) is 0 Å². The molecule has 116 valence electrons. The fourth-order valence-corrected chi connectivity index (χ4v) is 2.92. The molecule has 5 nitrogen and oxygen atoms in total. The largest absolute Gasteiger partial charge is 0.359 e. The molecule has 2 aromatic rings. The molecule has 3 N–H and O–H groups in total. The standard InChI is InChI=1S/C15H18N4OS2/c1-10(2)17-15(21)19-18-13(20)9-22-12-7-3-5-11-6-4-8-16-14(11)12/h3-8,10H,9H2,1-2H3,(H,18,20)(H2,17,19,21).